The Balaban J connectivity index is 2.12. The Morgan fingerprint density at radius 3 is 1.60 bits per heavy atom. The molecule has 0 amide bonds. The molecule has 3 N–H and O–H groups in total. The van der Waals surface area contributed by atoms with Crippen LogP contribution in [0.25, 0.3) is 0 Å². The molecule has 1 aromatic rings. The molecule has 35 heavy (non-hydrogen) atoms. The third-order valence-electron chi connectivity index (χ3n) is 7.18. The average Bonchev–Trinajstić information content (AvgIpc) is 2.83. The number of rotatable bonds is 23. The van der Waals surface area contributed by atoms with E-state index in [1.807, 2.05) is 30.3 Å². The summed E-state index contributed by atoms with van der Waals surface area (Å²) in [5.74, 6) is -0.197. The molecule has 1 rings (SSSR count). The summed E-state index contributed by atoms with van der Waals surface area (Å²) in [6.07, 6.45) is 18.7. The van der Waals surface area contributed by atoms with E-state index in [0.29, 0.717) is 6.42 Å². The first-order valence-corrected chi connectivity index (χ1v) is 14.5. The maximum atomic E-state index is 11.7. The van der Waals surface area contributed by atoms with Gasteiger partial charge in [-0.05, 0) is 18.9 Å². The third-order valence-corrected chi connectivity index (χ3v) is 7.18. The van der Waals surface area contributed by atoms with Crippen LogP contribution in [0.2, 0.25) is 0 Å². The maximum absolute atomic E-state index is 11.7. The van der Waals surface area contributed by atoms with Crippen molar-refractivity contribution in [2.24, 2.45) is 0 Å². The van der Waals surface area contributed by atoms with Gasteiger partial charge in [0, 0.05) is 12.8 Å². The van der Waals surface area contributed by atoms with Crippen molar-refractivity contribution < 1.29 is 20.1 Å². The van der Waals surface area contributed by atoms with E-state index in [1.54, 1.807) is 0 Å². The lowest BCUT2D eigenvalue weighted by molar-refractivity contribution is -0.144. The zero-order chi connectivity index (χ0) is 25.8. The topological polar surface area (TPSA) is 77.8 Å². The van der Waals surface area contributed by atoms with E-state index in [2.05, 4.69) is 6.92 Å². The summed E-state index contributed by atoms with van der Waals surface area (Å²) in [6.45, 7) is 3.68. The van der Waals surface area contributed by atoms with Gasteiger partial charge in [-0.3, -0.25) is 4.79 Å². The Labute approximate surface area is 215 Å². The smallest absolute Gasteiger partial charge is 0.132 e. The number of unbranched alkanes of at least 4 members (excludes halogenated alkanes) is 15. The van der Waals surface area contributed by atoms with Crippen LogP contribution < -0.4 is 0 Å². The van der Waals surface area contributed by atoms with Gasteiger partial charge in [-0.25, -0.2) is 0 Å². The van der Waals surface area contributed by atoms with Crippen molar-refractivity contribution in [1.82, 2.24) is 0 Å². The van der Waals surface area contributed by atoms with Gasteiger partial charge >= 0.3 is 0 Å². The van der Waals surface area contributed by atoms with Crippen molar-refractivity contribution in [2.75, 3.05) is 0 Å². The zero-order valence-corrected chi connectivity index (χ0v) is 22.7. The van der Waals surface area contributed by atoms with Crippen molar-refractivity contribution in [2.45, 2.75) is 154 Å². The molecule has 0 aliphatic heterocycles. The molecule has 4 heteroatoms. The summed E-state index contributed by atoms with van der Waals surface area (Å²) in [5.41, 5.74) is -0.813. The third kappa shape index (κ3) is 15.5. The number of carbonyl (C=O) groups is 1. The molecule has 0 aliphatic carbocycles. The lowest BCUT2D eigenvalue weighted by Gasteiger charge is -2.35. The summed E-state index contributed by atoms with van der Waals surface area (Å²) >= 11 is 0. The number of hydrogen-bond donors (Lipinski definition) is 3. The fraction of sp³-hybridized carbons (Fsp3) is 0.774. The Bertz CT molecular complexity index is 632. The van der Waals surface area contributed by atoms with Gasteiger partial charge in [0.15, 0.2) is 0 Å². The van der Waals surface area contributed by atoms with Crippen LogP contribution in [-0.4, -0.2) is 38.9 Å². The molecule has 0 saturated carbocycles. The lowest BCUT2D eigenvalue weighted by atomic mass is 9.81. The summed E-state index contributed by atoms with van der Waals surface area (Å²) in [7, 11) is 0. The zero-order valence-electron chi connectivity index (χ0n) is 22.7. The van der Waals surface area contributed by atoms with Crippen LogP contribution in [0.5, 0.6) is 0 Å². The Hall–Kier alpha value is -1.23. The van der Waals surface area contributed by atoms with Crippen LogP contribution in [0.3, 0.4) is 0 Å². The highest BCUT2D eigenvalue weighted by molar-refractivity contribution is 5.76. The van der Waals surface area contributed by atoms with Crippen LogP contribution in [-0.2, 0) is 11.2 Å². The highest BCUT2D eigenvalue weighted by Crippen LogP contribution is 2.26. The monoisotopic (exact) mass is 490 g/mol. The molecule has 0 radical (unpaired) electrons. The largest absolute Gasteiger partial charge is 0.390 e. The molecular formula is C31H54O4. The van der Waals surface area contributed by atoms with E-state index in [4.69, 9.17) is 0 Å². The predicted octanol–water partition coefficient (Wildman–Crippen LogP) is 7.31. The van der Waals surface area contributed by atoms with Crippen LogP contribution in [0.4, 0.5) is 0 Å². The molecule has 0 aliphatic rings. The second-order valence-corrected chi connectivity index (χ2v) is 10.7. The number of ketones is 1. The summed E-state index contributed by atoms with van der Waals surface area (Å²) in [6, 6.07) is 9.33. The molecule has 0 aromatic heterocycles. The Morgan fingerprint density at radius 1 is 0.743 bits per heavy atom. The fourth-order valence-corrected chi connectivity index (χ4v) is 5.07. The normalized spacial score (nSPS) is 15.0. The number of aliphatic hydroxyl groups is 3. The van der Waals surface area contributed by atoms with Gasteiger partial charge in [0.25, 0.3) is 0 Å². The van der Waals surface area contributed by atoms with Crippen molar-refractivity contribution in [3.8, 4) is 0 Å². The van der Waals surface area contributed by atoms with E-state index in [1.165, 1.54) is 90.4 Å². The Kier molecular flexibility index (Phi) is 18.1. The van der Waals surface area contributed by atoms with Gasteiger partial charge in [-0.2, -0.15) is 0 Å². The van der Waals surface area contributed by atoms with Gasteiger partial charge < -0.3 is 15.3 Å². The first kappa shape index (κ1) is 31.8. The molecule has 1 aromatic carbocycles. The van der Waals surface area contributed by atoms with Crippen LogP contribution in [0.1, 0.15) is 135 Å². The number of hydrogen-bond acceptors (Lipinski definition) is 4. The van der Waals surface area contributed by atoms with Crippen molar-refractivity contribution in [1.29, 1.82) is 0 Å². The standard InChI is InChI=1S/C31H54O4/c1-3-4-5-6-7-8-9-10-11-12-13-14-15-16-17-21-24-29(33)30(34)31(35,25-27(2)32)26-28-22-19-18-20-23-28/h18-20,22-23,29-30,33-35H,3-17,21,24-26H2,1-2H3. The minimum Gasteiger partial charge on any atom is -0.390 e. The summed E-state index contributed by atoms with van der Waals surface area (Å²) in [4.78, 5) is 11.7. The van der Waals surface area contributed by atoms with Crippen molar-refractivity contribution in [3.05, 3.63) is 35.9 Å². The van der Waals surface area contributed by atoms with Crippen molar-refractivity contribution in [3.63, 3.8) is 0 Å². The van der Waals surface area contributed by atoms with Gasteiger partial charge in [0.05, 0.1) is 6.10 Å². The van der Waals surface area contributed by atoms with Crippen LogP contribution in [0, 0.1) is 0 Å². The molecule has 3 atom stereocenters. The minimum absolute atomic E-state index is 0.143. The molecule has 0 fully saturated rings. The number of Topliss-reactive ketones (excluding diaryl/α,β-unsaturated/α-hetero) is 1. The molecule has 0 heterocycles. The van der Waals surface area contributed by atoms with E-state index in [-0.39, 0.29) is 18.6 Å². The molecular weight excluding hydrogens is 436 g/mol. The number of benzene rings is 1. The lowest BCUT2D eigenvalue weighted by Crippen LogP contribution is -2.51. The van der Waals surface area contributed by atoms with Gasteiger partial charge in [-0.1, -0.05) is 140 Å². The molecule has 3 unspecified atom stereocenters. The van der Waals surface area contributed by atoms with Gasteiger partial charge in [-0.15, -0.1) is 0 Å². The molecule has 202 valence electrons. The van der Waals surface area contributed by atoms with Crippen molar-refractivity contribution >= 4 is 5.78 Å². The van der Waals surface area contributed by atoms with Crippen LogP contribution >= 0.6 is 0 Å². The average molecular weight is 491 g/mol. The summed E-state index contributed by atoms with van der Waals surface area (Å²) in [5, 5.41) is 32.3. The highest BCUT2D eigenvalue weighted by Gasteiger charge is 2.40. The first-order chi connectivity index (χ1) is 16.9. The fourth-order valence-electron chi connectivity index (χ4n) is 5.07. The van der Waals surface area contributed by atoms with E-state index < -0.39 is 17.8 Å². The number of aliphatic hydroxyl groups excluding tert-OH is 2. The Morgan fingerprint density at radius 2 is 1.17 bits per heavy atom. The molecule has 0 bridgehead atoms. The van der Waals surface area contributed by atoms with E-state index >= 15 is 0 Å². The maximum Gasteiger partial charge on any atom is 0.132 e. The van der Waals surface area contributed by atoms with E-state index in [0.717, 1.165) is 24.8 Å². The van der Waals surface area contributed by atoms with Gasteiger partial charge in [0.1, 0.15) is 17.5 Å². The SMILES string of the molecule is CCCCCCCCCCCCCCCCCCC(O)C(O)C(O)(CC(C)=O)Cc1ccccc1. The number of carbonyl (C=O) groups excluding carboxylic acids is 1. The molecule has 0 saturated heterocycles. The predicted molar refractivity (Wildman–Crippen MR) is 147 cm³/mol. The molecule has 0 spiro atoms. The first-order valence-electron chi connectivity index (χ1n) is 14.5. The van der Waals surface area contributed by atoms with E-state index in [9.17, 15) is 20.1 Å². The minimum atomic E-state index is -1.65. The second kappa shape index (κ2) is 19.9. The quantitative estimate of drug-likeness (QED) is 0.141. The summed E-state index contributed by atoms with van der Waals surface area (Å²) < 4.78 is 0. The van der Waals surface area contributed by atoms with Crippen LogP contribution in [0.15, 0.2) is 30.3 Å². The second-order valence-electron chi connectivity index (χ2n) is 10.7. The highest BCUT2D eigenvalue weighted by atomic mass is 16.4. The molecule has 4 nitrogen and oxygen atoms in total. The van der Waals surface area contributed by atoms with Gasteiger partial charge in [0.2, 0.25) is 0 Å².